The number of carbonyl (C=O) groups is 1. The normalized spacial score (nSPS) is 20.4. The molecule has 0 bridgehead atoms. The van der Waals surface area contributed by atoms with Crippen molar-refractivity contribution in [2.24, 2.45) is 5.92 Å². The molecule has 0 amide bonds. The quantitative estimate of drug-likeness (QED) is 0.797. The van der Waals surface area contributed by atoms with Crippen LogP contribution in [0.3, 0.4) is 0 Å². The first-order valence-electron chi connectivity index (χ1n) is 6.40. The summed E-state index contributed by atoms with van der Waals surface area (Å²) >= 11 is 0. The lowest BCUT2D eigenvalue weighted by atomic mass is 9.88. The molecule has 2 nitrogen and oxygen atoms in total. The largest absolute Gasteiger partial charge is 0.299 e. The highest BCUT2D eigenvalue weighted by molar-refractivity contribution is 5.81. The molecule has 1 atom stereocenters. The van der Waals surface area contributed by atoms with E-state index in [0.29, 0.717) is 12.2 Å². The van der Waals surface area contributed by atoms with E-state index in [1.54, 1.807) is 0 Å². The molecule has 1 unspecified atom stereocenters. The van der Waals surface area contributed by atoms with Crippen LogP contribution in [-0.4, -0.2) is 24.3 Å². The van der Waals surface area contributed by atoms with E-state index >= 15 is 0 Å². The van der Waals surface area contributed by atoms with Crippen molar-refractivity contribution >= 4 is 5.78 Å². The fraction of sp³-hybridized carbons (Fsp3) is 0.533. The third-order valence-electron chi connectivity index (χ3n) is 3.72. The fourth-order valence-corrected chi connectivity index (χ4v) is 2.47. The molecule has 1 aliphatic rings. The van der Waals surface area contributed by atoms with Gasteiger partial charge in [0, 0.05) is 24.9 Å². The van der Waals surface area contributed by atoms with Crippen molar-refractivity contribution in [3.05, 3.63) is 35.4 Å². The summed E-state index contributed by atoms with van der Waals surface area (Å²) in [4.78, 5) is 14.2. The van der Waals surface area contributed by atoms with Crippen molar-refractivity contribution in [3.8, 4) is 0 Å². The minimum Gasteiger partial charge on any atom is -0.299 e. The van der Waals surface area contributed by atoms with E-state index in [-0.39, 0.29) is 12.0 Å². The Morgan fingerprint density at radius 3 is 2.82 bits per heavy atom. The monoisotopic (exact) mass is 231 g/mol. The Morgan fingerprint density at radius 2 is 2.12 bits per heavy atom. The van der Waals surface area contributed by atoms with Gasteiger partial charge in [0.25, 0.3) is 0 Å². The van der Waals surface area contributed by atoms with Gasteiger partial charge in [-0.3, -0.25) is 9.69 Å². The average Bonchev–Trinajstić information content (AvgIpc) is 2.32. The Kier molecular flexibility index (Phi) is 3.63. The van der Waals surface area contributed by atoms with Crippen LogP contribution in [-0.2, 0) is 11.2 Å². The molecule has 0 aromatic heterocycles. The zero-order valence-electron chi connectivity index (χ0n) is 10.9. The van der Waals surface area contributed by atoms with Gasteiger partial charge in [-0.05, 0) is 24.6 Å². The summed E-state index contributed by atoms with van der Waals surface area (Å²) in [5.41, 5.74) is 2.75. The van der Waals surface area contributed by atoms with Crippen LogP contribution in [0.5, 0.6) is 0 Å². The van der Waals surface area contributed by atoms with Gasteiger partial charge in [0.1, 0.15) is 5.78 Å². The smallest absolute Gasteiger partial charge is 0.137 e. The summed E-state index contributed by atoms with van der Waals surface area (Å²) in [7, 11) is 2.12. The van der Waals surface area contributed by atoms with Crippen LogP contribution in [0.25, 0.3) is 0 Å². The van der Waals surface area contributed by atoms with E-state index in [1.807, 2.05) is 13.8 Å². The first kappa shape index (κ1) is 12.3. The molecule has 0 aliphatic carbocycles. The number of benzene rings is 1. The van der Waals surface area contributed by atoms with Gasteiger partial charge in [-0.1, -0.05) is 38.1 Å². The summed E-state index contributed by atoms with van der Waals surface area (Å²) in [5, 5.41) is 0. The lowest BCUT2D eigenvalue weighted by Gasteiger charge is -2.34. The van der Waals surface area contributed by atoms with E-state index < -0.39 is 0 Å². The van der Waals surface area contributed by atoms with Crippen LogP contribution >= 0.6 is 0 Å². The maximum Gasteiger partial charge on any atom is 0.137 e. The maximum atomic E-state index is 11.9. The lowest BCUT2D eigenvalue weighted by molar-refractivity contribution is -0.123. The molecule has 0 saturated carbocycles. The Labute approximate surface area is 104 Å². The molecule has 17 heavy (non-hydrogen) atoms. The molecule has 0 N–H and O–H groups in total. The molecular formula is C15H21NO. The molecule has 1 aromatic carbocycles. The van der Waals surface area contributed by atoms with Gasteiger partial charge >= 0.3 is 0 Å². The van der Waals surface area contributed by atoms with Crippen molar-refractivity contribution < 1.29 is 4.79 Å². The van der Waals surface area contributed by atoms with E-state index in [4.69, 9.17) is 0 Å². The predicted octanol–water partition coefficient (Wildman–Crippen LogP) is 2.83. The first-order valence-corrected chi connectivity index (χ1v) is 6.40. The Balaban J connectivity index is 2.24. The van der Waals surface area contributed by atoms with Crippen molar-refractivity contribution in [1.82, 2.24) is 4.90 Å². The number of hydrogen-bond acceptors (Lipinski definition) is 2. The molecular weight excluding hydrogens is 210 g/mol. The summed E-state index contributed by atoms with van der Waals surface area (Å²) in [5.74, 6) is 0.496. The molecule has 1 heterocycles. The standard InChI is InChI=1S/C15H21NO/c1-11(2)15(17)10-14-13-7-5-4-6-12(13)8-9-16(14)3/h4-7,11,14H,8-10H2,1-3H3. The van der Waals surface area contributed by atoms with E-state index in [2.05, 4.69) is 36.2 Å². The number of carbonyl (C=O) groups excluding carboxylic acids is 1. The van der Waals surface area contributed by atoms with Gasteiger partial charge in [-0.25, -0.2) is 0 Å². The van der Waals surface area contributed by atoms with Crippen LogP contribution in [0.1, 0.15) is 37.4 Å². The second-order valence-electron chi connectivity index (χ2n) is 5.27. The predicted molar refractivity (Wildman–Crippen MR) is 70.0 cm³/mol. The molecule has 92 valence electrons. The molecule has 0 saturated heterocycles. The number of nitrogens with zero attached hydrogens (tertiary/aromatic N) is 1. The minimum atomic E-state index is 0.137. The highest BCUT2D eigenvalue weighted by atomic mass is 16.1. The average molecular weight is 231 g/mol. The highest BCUT2D eigenvalue weighted by Crippen LogP contribution is 2.31. The topological polar surface area (TPSA) is 20.3 Å². The minimum absolute atomic E-state index is 0.137. The van der Waals surface area contributed by atoms with Crippen LogP contribution in [0.15, 0.2) is 24.3 Å². The molecule has 0 spiro atoms. The van der Waals surface area contributed by atoms with Crippen molar-refractivity contribution in [2.45, 2.75) is 32.7 Å². The van der Waals surface area contributed by atoms with Crippen LogP contribution in [0, 0.1) is 5.92 Å². The second-order valence-corrected chi connectivity index (χ2v) is 5.27. The van der Waals surface area contributed by atoms with E-state index in [1.165, 1.54) is 11.1 Å². The zero-order valence-corrected chi connectivity index (χ0v) is 10.9. The van der Waals surface area contributed by atoms with Crippen LogP contribution in [0.4, 0.5) is 0 Å². The van der Waals surface area contributed by atoms with Gasteiger partial charge in [0.2, 0.25) is 0 Å². The van der Waals surface area contributed by atoms with Crippen molar-refractivity contribution in [2.75, 3.05) is 13.6 Å². The summed E-state index contributed by atoms with van der Waals surface area (Å²) in [6.07, 6.45) is 1.74. The third-order valence-corrected chi connectivity index (χ3v) is 3.72. The van der Waals surface area contributed by atoms with Crippen LogP contribution < -0.4 is 0 Å². The Bertz CT molecular complexity index is 411. The molecule has 0 fully saturated rings. The Hall–Kier alpha value is -1.15. The lowest BCUT2D eigenvalue weighted by Crippen LogP contribution is -2.34. The molecule has 1 aromatic rings. The number of likely N-dealkylation sites (N-methyl/N-ethyl adjacent to an activating group) is 1. The van der Waals surface area contributed by atoms with Crippen molar-refractivity contribution in [1.29, 1.82) is 0 Å². The zero-order chi connectivity index (χ0) is 12.4. The van der Waals surface area contributed by atoms with E-state index in [0.717, 1.165) is 13.0 Å². The van der Waals surface area contributed by atoms with Gasteiger partial charge in [0.15, 0.2) is 0 Å². The van der Waals surface area contributed by atoms with Gasteiger partial charge in [0.05, 0.1) is 0 Å². The molecule has 0 radical (unpaired) electrons. The van der Waals surface area contributed by atoms with Gasteiger partial charge in [-0.2, -0.15) is 0 Å². The summed E-state index contributed by atoms with van der Waals surface area (Å²) in [6, 6.07) is 8.80. The van der Waals surface area contributed by atoms with E-state index in [9.17, 15) is 4.79 Å². The number of fused-ring (bicyclic) bond motifs is 1. The Morgan fingerprint density at radius 1 is 1.41 bits per heavy atom. The second kappa shape index (κ2) is 5.01. The SMILES string of the molecule is CC(C)C(=O)CC1c2ccccc2CCN1C. The number of Topliss-reactive ketones (excluding diaryl/α,β-unsaturated/α-hetero) is 1. The third kappa shape index (κ3) is 2.58. The first-order chi connectivity index (χ1) is 8.09. The fourth-order valence-electron chi connectivity index (χ4n) is 2.47. The number of rotatable bonds is 3. The number of ketones is 1. The highest BCUT2D eigenvalue weighted by Gasteiger charge is 2.26. The summed E-state index contributed by atoms with van der Waals surface area (Å²) < 4.78 is 0. The van der Waals surface area contributed by atoms with Gasteiger partial charge in [-0.15, -0.1) is 0 Å². The maximum absolute atomic E-state index is 11.9. The van der Waals surface area contributed by atoms with Crippen LogP contribution in [0.2, 0.25) is 0 Å². The molecule has 1 aliphatic heterocycles. The van der Waals surface area contributed by atoms with Gasteiger partial charge < -0.3 is 0 Å². The number of hydrogen-bond donors (Lipinski definition) is 0. The molecule has 2 rings (SSSR count). The summed E-state index contributed by atoms with van der Waals surface area (Å²) in [6.45, 7) is 5.02. The van der Waals surface area contributed by atoms with Crippen molar-refractivity contribution in [3.63, 3.8) is 0 Å². The molecule has 2 heteroatoms.